The molecule has 1 aromatic heterocycles. The van der Waals surface area contributed by atoms with Crippen LogP contribution in [0.1, 0.15) is 0 Å². The second-order valence-electron chi connectivity index (χ2n) is 4.01. The molecule has 1 spiro atoms. The minimum Gasteiger partial charge on any atom is -0.339 e. The number of rotatable bonds is 1. The van der Waals surface area contributed by atoms with Crippen LogP contribution in [0.15, 0.2) is 18.5 Å². The summed E-state index contributed by atoms with van der Waals surface area (Å²) >= 11 is 0. The van der Waals surface area contributed by atoms with Gasteiger partial charge in [0.25, 0.3) is 0 Å². The van der Waals surface area contributed by atoms with E-state index in [2.05, 4.69) is 20.2 Å². The number of hydrogen-bond donors (Lipinski definition) is 1. The summed E-state index contributed by atoms with van der Waals surface area (Å²) in [5, 5.41) is 3.31. The summed E-state index contributed by atoms with van der Waals surface area (Å²) < 4.78 is 0. The van der Waals surface area contributed by atoms with Gasteiger partial charge in [0.1, 0.15) is 0 Å². The van der Waals surface area contributed by atoms with Gasteiger partial charge in [-0.2, -0.15) is 0 Å². The average molecular weight is 249 g/mol. The average Bonchev–Trinajstić information content (AvgIpc) is 2.01. The lowest BCUT2D eigenvalue weighted by atomic mass is 9.75. The normalized spacial score (nSPS) is 20.7. The van der Waals surface area contributed by atoms with Gasteiger partial charge in [-0.05, 0) is 6.07 Å². The predicted octanol–water partition coefficient (Wildman–Crippen LogP) is 0.730. The zero-order valence-electron chi connectivity index (χ0n) is 8.22. The van der Waals surface area contributed by atoms with Crippen LogP contribution < -0.4 is 10.2 Å². The Labute approximate surface area is 101 Å². The molecule has 84 valence electrons. The second-order valence-corrected chi connectivity index (χ2v) is 4.01. The molecular weight excluding hydrogens is 235 g/mol. The van der Waals surface area contributed by atoms with Crippen LogP contribution in [-0.4, -0.2) is 36.1 Å². The van der Waals surface area contributed by atoms with Crippen molar-refractivity contribution < 1.29 is 0 Å². The Morgan fingerprint density at radius 1 is 1.13 bits per heavy atom. The minimum absolute atomic E-state index is 0. The van der Waals surface area contributed by atoms with Crippen LogP contribution in [0.5, 0.6) is 0 Å². The van der Waals surface area contributed by atoms with E-state index in [0.29, 0.717) is 5.41 Å². The van der Waals surface area contributed by atoms with Gasteiger partial charge in [0, 0.05) is 44.0 Å². The van der Waals surface area contributed by atoms with Gasteiger partial charge in [0.05, 0.1) is 0 Å². The van der Waals surface area contributed by atoms with Crippen molar-refractivity contribution in [1.29, 1.82) is 0 Å². The summed E-state index contributed by atoms with van der Waals surface area (Å²) in [5.41, 5.74) is 0.555. The van der Waals surface area contributed by atoms with E-state index in [1.54, 1.807) is 12.4 Å². The van der Waals surface area contributed by atoms with E-state index in [0.717, 1.165) is 32.1 Å². The van der Waals surface area contributed by atoms with Crippen molar-refractivity contribution in [2.45, 2.75) is 0 Å². The van der Waals surface area contributed by atoms with Gasteiger partial charge in [0.2, 0.25) is 5.95 Å². The SMILES string of the molecule is Cl.Cl.c1cnc(N2CC3(CNC3)C2)nc1. The van der Waals surface area contributed by atoms with Crippen molar-refractivity contribution >= 4 is 30.8 Å². The largest absolute Gasteiger partial charge is 0.339 e. The van der Waals surface area contributed by atoms with Crippen molar-refractivity contribution in [3.63, 3.8) is 0 Å². The first-order chi connectivity index (χ1) is 6.38. The van der Waals surface area contributed by atoms with E-state index in [9.17, 15) is 0 Å². The fourth-order valence-electron chi connectivity index (χ4n) is 2.06. The van der Waals surface area contributed by atoms with E-state index in [-0.39, 0.29) is 24.8 Å². The summed E-state index contributed by atoms with van der Waals surface area (Å²) in [6, 6.07) is 1.85. The molecule has 0 unspecified atom stereocenters. The number of hydrogen-bond acceptors (Lipinski definition) is 4. The van der Waals surface area contributed by atoms with Crippen LogP contribution >= 0.6 is 24.8 Å². The Bertz CT molecular complexity index is 307. The first kappa shape index (κ1) is 12.5. The highest BCUT2D eigenvalue weighted by molar-refractivity contribution is 5.85. The van der Waals surface area contributed by atoms with Gasteiger partial charge in [-0.3, -0.25) is 0 Å². The van der Waals surface area contributed by atoms with Crippen LogP contribution in [0.25, 0.3) is 0 Å². The highest BCUT2D eigenvalue weighted by Gasteiger charge is 2.48. The van der Waals surface area contributed by atoms with Crippen molar-refractivity contribution in [2.75, 3.05) is 31.1 Å². The van der Waals surface area contributed by atoms with Gasteiger partial charge >= 0.3 is 0 Å². The highest BCUT2D eigenvalue weighted by atomic mass is 35.5. The molecule has 2 aliphatic rings. The Kier molecular flexibility index (Phi) is 3.76. The number of aromatic nitrogens is 2. The minimum atomic E-state index is 0. The maximum atomic E-state index is 4.22. The third kappa shape index (κ3) is 2.02. The zero-order valence-corrected chi connectivity index (χ0v) is 9.85. The number of anilines is 1. The molecule has 3 heterocycles. The third-order valence-corrected chi connectivity index (χ3v) is 2.89. The molecule has 15 heavy (non-hydrogen) atoms. The fourth-order valence-corrected chi connectivity index (χ4v) is 2.06. The maximum Gasteiger partial charge on any atom is 0.225 e. The Morgan fingerprint density at radius 3 is 2.20 bits per heavy atom. The van der Waals surface area contributed by atoms with Crippen LogP contribution in [0, 0.1) is 5.41 Å². The van der Waals surface area contributed by atoms with E-state index in [1.807, 2.05) is 6.07 Å². The topological polar surface area (TPSA) is 41.1 Å². The smallest absolute Gasteiger partial charge is 0.225 e. The summed E-state index contributed by atoms with van der Waals surface area (Å²) in [6.45, 7) is 4.56. The molecule has 3 rings (SSSR count). The quantitative estimate of drug-likeness (QED) is 0.796. The molecular formula is C9H14Cl2N4. The first-order valence-corrected chi connectivity index (χ1v) is 4.61. The first-order valence-electron chi connectivity index (χ1n) is 4.61. The van der Waals surface area contributed by atoms with Crippen molar-refractivity contribution in [3.8, 4) is 0 Å². The van der Waals surface area contributed by atoms with Crippen LogP contribution in [0.3, 0.4) is 0 Å². The summed E-state index contributed by atoms with van der Waals surface area (Å²) in [5.74, 6) is 0.875. The predicted molar refractivity (Wildman–Crippen MR) is 64.0 cm³/mol. The Balaban J connectivity index is 0.000000562. The van der Waals surface area contributed by atoms with Gasteiger partial charge in [-0.25, -0.2) is 9.97 Å². The highest BCUT2D eigenvalue weighted by Crippen LogP contribution is 2.35. The molecule has 2 saturated heterocycles. The van der Waals surface area contributed by atoms with E-state index in [4.69, 9.17) is 0 Å². The molecule has 0 saturated carbocycles. The van der Waals surface area contributed by atoms with Crippen LogP contribution in [-0.2, 0) is 0 Å². The number of nitrogens with one attached hydrogen (secondary N) is 1. The van der Waals surface area contributed by atoms with Gasteiger partial charge in [-0.15, -0.1) is 24.8 Å². The lowest BCUT2D eigenvalue weighted by molar-refractivity contribution is 0.119. The summed E-state index contributed by atoms with van der Waals surface area (Å²) in [7, 11) is 0. The lowest BCUT2D eigenvalue weighted by Gasteiger charge is -2.55. The molecule has 0 radical (unpaired) electrons. The fraction of sp³-hybridized carbons (Fsp3) is 0.556. The van der Waals surface area contributed by atoms with Crippen molar-refractivity contribution in [1.82, 2.24) is 15.3 Å². The third-order valence-electron chi connectivity index (χ3n) is 2.89. The standard InChI is InChI=1S/C9H12N4.2ClH/c1-2-11-8(12-3-1)13-6-9(7-13)4-10-5-9;;/h1-3,10H,4-7H2;2*1H. The molecule has 2 aliphatic heterocycles. The van der Waals surface area contributed by atoms with Crippen LogP contribution in [0.4, 0.5) is 5.95 Å². The van der Waals surface area contributed by atoms with Gasteiger partial charge in [-0.1, -0.05) is 0 Å². The Hall–Kier alpha value is -0.580. The molecule has 0 aliphatic carbocycles. The number of nitrogens with zero attached hydrogens (tertiary/aromatic N) is 3. The lowest BCUT2D eigenvalue weighted by Crippen LogP contribution is -2.71. The molecule has 0 atom stereocenters. The van der Waals surface area contributed by atoms with Gasteiger partial charge < -0.3 is 10.2 Å². The molecule has 2 fully saturated rings. The van der Waals surface area contributed by atoms with Crippen molar-refractivity contribution in [3.05, 3.63) is 18.5 Å². The monoisotopic (exact) mass is 248 g/mol. The van der Waals surface area contributed by atoms with Crippen molar-refractivity contribution in [2.24, 2.45) is 5.41 Å². The molecule has 6 heteroatoms. The summed E-state index contributed by atoms with van der Waals surface area (Å²) in [4.78, 5) is 10.7. The molecule has 1 aromatic rings. The second kappa shape index (κ2) is 4.51. The maximum absolute atomic E-state index is 4.22. The number of halogens is 2. The molecule has 0 amide bonds. The molecule has 4 nitrogen and oxygen atoms in total. The van der Waals surface area contributed by atoms with Gasteiger partial charge in [0.15, 0.2) is 0 Å². The summed E-state index contributed by atoms with van der Waals surface area (Å²) in [6.07, 6.45) is 3.60. The van der Waals surface area contributed by atoms with E-state index >= 15 is 0 Å². The van der Waals surface area contributed by atoms with Crippen LogP contribution in [0.2, 0.25) is 0 Å². The molecule has 1 N–H and O–H groups in total. The Morgan fingerprint density at radius 2 is 1.73 bits per heavy atom. The molecule has 0 bridgehead atoms. The zero-order chi connectivity index (χ0) is 8.73. The van der Waals surface area contributed by atoms with E-state index in [1.165, 1.54) is 0 Å². The van der Waals surface area contributed by atoms with E-state index < -0.39 is 0 Å². The molecule has 0 aromatic carbocycles.